The predicted octanol–water partition coefficient (Wildman–Crippen LogP) is 0.554. The van der Waals surface area contributed by atoms with Crippen molar-refractivity contribution in [1.82, 2.24) is 15.1 Å². The first-order valence-electron chi connectivity index (χ1n) is 8.82. The first-order chi connectivity index (χ1) is 11.2. The Morgan fingerprint density at radius 3 is 2.78 bits per heavy atom. The van der Waals surface area contributed by atoms with Gasteiger partial charge in [0.25, 0.3) is 0 Å². The molecule has 5 nitrogen and oxygen atoms in total. The molecule has 1 amide bonds. The molecule has 0 spiro atoms. The van der Waals surface area contributed by atoms with Crippen LogP contribution in [0.25, 0.3) is 0 Å². The number of hydrogen-bond donors (Lipinski definition) is 1. The number of rotatable bonds is 2. The Labute approximate surface area is 138 Å². The average molecular weight is 314 g/mol. The number of piperazine rings is 2. The SMILES string of the molecule is CC(C(=O)N1CCN2c3ccccc3CC2C1)N1CCNCC1. The number of anilines is 1. The Kier molecular flexibility index (Phi) is 3.99. The summed E-state index contributed by atoms with van der Waals surface area (Å²) in [5, 5.41) is 3.36. The molecule has 1 N–H and O–H groups in total. The van der Waals surface area contributed by atoms with E-state index in [4.69, 9.17) is 0 Å². The molecule has 2 unspecified atom stereocenters. The van der Waals surface area contributed by atoms with Crippen LogP contribution in [0.5, 0.6) is 0 Å². The molecule has 0 aromatic heterocycles. The van der Waals surface area contributed by atoms with E-state index in [2.05, 4.69) is 51.2 Å². The van der Waals surface area contributed by atoms with E-state index >= 15 is 0 Å². The number of para-hydroxylation sites is 1. The van der Waals surface area contributed by atoms with Crippen molar-refractivity contribution in [3.8, 4) is 0 Å². The lowest BCUT2D eigenvalue weighted by Gasteiger charge is -2.42. The molecular formula is C18H26N4O. The topological polar surface area (TPSA) is 38.8 Å². The fourth-order valence-electron chi connectivity index (χ4n) is 4.25. The van der Waals surface area contributed by atoms with E-state index in [1.165, 1.54) is 11.3 Å². The summed E-state index contributed by atoms with van der Waals surface area (Å²) in [6, 6.07) is 9.14. The van der Waals surface area contributed by atoms with Crippen LogP contribution in [-0.4, -0.2) is 73.6 Å². The Morgan fingerprint density at radius 1 is 1.17 bits per heavy atom. The lowest BCUT2D eigenvalue weighted by atomic mass is 10.1. The summed E-state index contributed by atoms with van der Waals surface area (Å²) in [4.78, 5) is 19.8. The van der Waals surface area contributed by atoms with E-state index in [9.17, 15) is 4.79 Å². The van der Waals surface area contributed by atoms with Crippen molar-refractivity contribution < 1.29 is 4.79 Å². The van der Waals surface area contributed by atoms with Crippen LogP contribution in [0, 0.1) is 0 Å². The number of nitrogens with zero attached hydrogens (tertiary/aromatic N) is 3. The summed E-state index contributed by atoms with van der Waals surface area (Å²) in [5.41, 5.74) is 2.81. The molecule has 2 saturated heterocycles. The number of nitrogens with one attached hydrogen (secondary N) is 1. The molecule has 0 radical (unpaired) electrons. The molecule has 23 heavy (non-hydrogen) atoms. The number of benzene rings is 1. The van der Waals surface area contributed by atoms with Gasteiger partial charge in [0.05, 0.1) is 12.1 Å². The van der Waals surface area contributed by atoms with E-state index < -0.39 is 0 Å². The summed E-state index contributed by atoms with van der Waals surface area (Å²) >= 11 is 0. The van der Waals surface area contributed by atoms with Crippen LogP contribution in [0.3, 0.4) is 0 Å². The minimum Gasteiger partial charge on any atom is -0.364 e. The highest BCUT2D eigenvalue weighted by Gasteiger charge is 2.37. The first kappa shape index (κ1) is 15.0. The molecule has 0 saturated carbocycles. The van der Waals surface area contributed by atoms with Gasteiger partial charge in [-0.1, -0.05) is 18.2 Å². The fraction of sp³-hybridized carbons (Fsp3) is 0.611. The van der Waals surface area contributed by atoms with Crippen LogP contribution in [0.4, 0.5) is 5.69 Å². The lowest BCUT2D eigenvalue weighted by molar-refractivity contribution is -0.137. The van der Waals surface area contributed by atoms with Gasteiger partial charge in [-0.25, -0.2) is 0 Å². The maximum absolute atomic E-state index is 12.9. The minimum absolute atomic E-state index is 0.00688. The fourth-order valence-corrected chi connectivity index (χ4v) is 4.25. The third-order valence-corrected chi connectivity index (χ3v) is 5.61. The Balaban J connectivity index is 1.42. The molecular weight excluding hydrogens is 288 g/mol. The van der Waals surface area contributed by atoms with Crippen molar-refractivity contribution in [1.29, 1.82) is 0 Å². The van der Waals surface area contributed by atoms with E-state index in [0.717, 1.165) is 52.2 Å². The molecule has 3 heterocycles. The molecule has 3 aliphatic rings. The number of fused-ring (bicyclic) bond motifs is 3. The number of carbonyl (C=O) groups excluding carboxylic acids is 1. The molecule has 0 bridgehead atoms. The zero-order valence-corrected chi connectivity index (χ0v) is 13.9. The third kappa shape index (κ3) is 2.72. The molecule has 1 aromatic rings. The van der Waals surface area contributed by atoms with Gasteiger partial charge in [0.1, 0.15) is 0 Å². The highest BCUT2D eigenvalue weighted by molar-refractivity contribution is 5.82. The Hall–Kier alpha value is -1.59. The van der Waals surface area contributed by atoms with E-state index in [1.54, 1.807) is 0 Å². The molecule has 4 rings (SSSR count). The largest absolute Gasteiger partial charge is 0.364 e. The Bertz CT molecular complexity index is 584. The second-order valence-electron chi connectivity index (χ2n) is 6.93. The van der Waals surface area contributed by atoms with Crippen LogP contribution >= 0.6 is 0 Å². The molecule has 124 valence electrons. The van der Waals surface area contributed by atoms with Gasteiger partial charge >= 0.3 is 0 Å². The summed E-state index contributed by atoms with van der Waals surface area (Å²) in [7, 11) is 0. The van der Waals surface area contributed by atoms with Gasteiger partial charge in [0.2, 0.25) is 5.91 Å². The monoisotopic (exact) mass is 314 g/mol. The molecule has 1 aromatic carbocycles. The van der Waals surface area contributed by atoms with E-state index in [0.29, 0.717) is 11.9 Å². The second-order valence-corrected chi connectivity index (χ2v) is 6.93. The maximum Gasteiger partial charge on any atom is 0.239 e. The minimum atomic E-state index is 0.00688. The molecule has 3 aliphatic heterocycles. The quantitative estimate of drug-likeness (QED) is 0.865. The van der Waals surface area contributed by atoms with Gasteiger partial charge in [-0.15, -0.1) is 0 Å². The molecule has 0 aliphatic carbocycles. The van der Waals surface area contributed by atoms with Crippen LogP contribution in [0.15, 0.2) is 24.3 Å². The summed E-state index contributed by atoms with van der Waals surface area (Å²) < 4.78 is 0. The van der Waals surface area contributed by atoms with Gasteiger partial charge in [0, 0.05) is 51.5 Å². The van der Waals surface area contributed by atoms with Gasteiger partial charge in [0.15, 0.2) is 0 Å². The zero-order valence-electron chi connectivity index (χ0n) is 13.9. The number of hydrogen-bond acceptors (Lipinski definition) is 4. The molecule has 2 atom stereocenters. The van der Waals surface area contributed by atoms with E-state index in [1.807, 2.05) is 0 Å². The van der Waals surface area contributed by atoms with Crippen molar-refractivity contribution >= 4 is 11.6 Å². The van der Waals surface area contributed by atoms with Gasteiger partial charge < -0.3 is 15.1 Å². The van der Waals surface area contributed by atoms with Crippen molar-refractivity contribution in [2.75, 3.05) is 50.7 Å². The van der Waals surface area contributed by atoms with Gasteiger partial charge in [-0.2, -0.15) is 0 Å². The number of carbonyl (C=O) groups is 1. The van der Waals surface area contributed by atoms with Crippen molar-refractivity contribution in [3.63, 3.8) is 0 Å². The van der Waals surface area contributed by atoms with Gasteiger partial charge in [-0.3, -0.25) is 9.69 Å². The van der Waals surface area contributed by atoms with Crippen molar-refractivity contribution in [2.24, 2.45) is 0 Å². The molecule has 5 heteroatoms. The summed E-state index contributed by atoms with van der Waals surface area (Å²) in [5.74, 6) is 0.308. The third-order valence-electron chi connectivity index (χ3n) is 5.61. The van der Waals surface area contributed by atoms with Crippen LogP contribution in [-0.2, 0) is 11.2 Å². The normalized spacial score (nSPS) is 25.9. The maximum atomic E-state index is 12.9. The first-order valence-corrected chi connectivity index (χ1v) is 8.82. The standard InChI is InChI=1S/C18H26N4O/c1-14(20-8-6-19-7-9-20)18(23)21-10-11-22-16(13-21)12-15-4-2-3-5-17(15)22/h2-5,14,16,19H,6-13H2,1H3. The number of amides is 1. The van der Waals surface area contributed by atoms with Gasteiger partial charge in [-0.05, 0) is 25.0 Å². The van der Waals surface area contributed by atoms with Crippen molar-refractivity contribution in [2.45, 2.75) is 25.4 Å². The second kappa shape index (κ2) is 6.13. The summed E-state index contributed by atoms with van der Waals surface area (Å²) in [6.45, 7) is 8.67. The summed E-state index contributed by atoms with van der Waals surface area (Å²) in [6.07, 6.45) is 1.07. The van der Waals surface area contributed by atoms with E-state index in [-0.39, 0.29) is 6.04 Å². The van der Waals surface area contributed by atoms with Crippen LogP contribution in [0.1, 0.15) is 12.5 Å². The van der Waals surface area contributed by atoms with Crippen LogP contribution in [0.2, 0.25) is 0 Å². The highest BCUT2D eigenvalue weighted by atomic mass is 16.2. The zero-order chi connectivity index (χ0) is 15.8. The van der Waals surface area contributed by atoms with Crippen LogP contribution < -0.4 is 10.2 Å². The lowest BCUT2D eigenvalue weighted by Crippen LogP contribution is -2.59. The van der Waals surface area contributed by atoms with Crippen molar-refractivity contribution in [3.05, 3.63) is 29.8 Å². The highest BCUT2D eigenvalue weighted by Crippen LogP contribution is 2.33. The average Bonchev–Trinajstić information content (AvgIpc) is 2.99. The molecule has 2 fully saturated rings. The predicted molar refractivity (Wildman–Crippen MR) is 91.8 cm³/mol. The smallest absolute Gasteiger partial charge is 0.239 e. The Morgan fingerprint density at radius 2 is 1.96 bits per heavy atom.